The van der Waals surface area contributed by atoms with Gasteiger partial charge >= 0.3 is 0 Å². The van der Waals surface area contributed by atoms with Gasteiger partial charge in [-0.25, -0.2) is 0 Å². The molecule has 0 amide bonds. The van der Waals surface area contributed by atoms with Crippen LogP contribution >= 0.6 is 47.0 Å². The molecule has 12 aromatic carbocycles. The predicted octanol–water partition coefficient (Wildman–Crippen LogP) is 20.8. The normalized spacial score (nSPS) is 12.0. The number of benzene rings is 12. The van der Waals surface area contributed by atoms with E-state index in [9.17, 15) is 0 Å². The molecular weight excluding hydrogens is 1080 g/mol. The molecule has 4 N–H and O–H groups in total. The summed E-state index contributed by atoms with van der Waals surface area (Å²) in [5, 5.41) is 14.1. The summed E-state index contributed by atoms with van der Waals surface area (Å²) >= 11 is 7.37. The van der Waals surface area contributed by atoms with Crippen LogP contribution in [0.25, 0.3) is 44.5 Å². The van der Waals surface area contributed by atoms with Crippen molar-refractivity contribution >= 4 is 104 Å². The fraction of sp³-hybridized carbons (Fsp3) is 0. The van der Waals surface area contributed by atoms with Gasteiger partial charge in [-0.15, -0.1) is 0 Å². The lowest BCUT2D eigenvalue weighted by Gasteiger charge is -2.23. The number of fused-ring (bicyclic) bond motifs is 8. The van der Waals surface area contributed by atoms with Crippen molar-refractivity contribution in [3.05, 3.63) is 291 Å². The Hall–Kier alpha value is -8.54. The lowest BCUT2D eigenvalue weighted by molar-refractivity contribution is 1.31. The Bertz CT molecular complexity index is 3610. The van der Waals surface area contributed by atoms with Crippen LogP contribution in [-0.2, 0) is 0 Å². The molecule has 0 saturated heterocycles. The summed E-state index contributed by atoms with van der Waals surface area (Å²) < 4.78 is 0. The molecule has 4 nitrogen and oxygen atoms in total. The van der Waals surface area contributed by atoms with Crippen molar-refractivity contribution in [3.8, 4) is 44.5 Å². The Kier molecular flexibility index (Phi) is 16.3. The summed E-state index contributed by atoms with van der Waals surface area (Å²) in [6.07, 6.45) is 0. The van der Waals surface area contributed by atoms with Gasteiger partial charge in [0.05, 0.1) is 45.5 Å². The first kappa shape index (κ1) is 53.1. The zero-order valence-corrected chi connectivity index (χ0v) is 46.6. The molecule has 0 atom stereocenters. The Morgan fingerprint density at radius 3 is 0.580 bits per heavy atom. The highest BCUT2D eigenvalue weighted by Gasteiger charge is 2.22. The van der Waals surface area contributed by atoms with Gasteiger partial charge in [-0.3, -0.25) is 0 Å². The van der Waals surface area contributed by atoms with Gasteiger partial charge in [-0.05, 0) is 128 Å². The monoisotopic (exact) mass is 1130 g/mol. The number of anilines is 8. The van der Waals surface area contributed by atoms with E-state index in [1.165, 1.54) is 129 Å². The van der Waals surface area contributed by atoms with Crippen molar-refractivity contribution in [1.82, 2.24) is 0 Å². The molecule has 9 heteroatoms. The minimum Gasteiger partial charge on any atom is -0.354 e. The van der Waals surface area contributed by atoms with Gasteiger partial charge in [0.1, 0.15) is 0 Å². The zero-order valence-electron chi connectivity index (χ0n) is 43.3. The van der Waals surface area contributed by atoms with Crippen LogP contribution in [0.3, 0.4) is 0 Å². The van der Waals surface area contributed by atoms with E-state index in [1.54, 1.807) is 0 Å². The van der Waals surface area contributed by atoms with E-state index in [-0.39, 0.29) is 11.0 Å². The van der Waals surface area contributed by atoms with Gasteiger partial charge in [0, 0.05) is 39.2 Å². The smallest absolute Gasteiger partial charge is 0.0532 e. The van der Waals surface area contributed by atoms with Crippen molar-refractivity contribution in [2.45, 2.75) is 39.2 Å². The maximum Gasteiger partial charge on any atom is 0.0532 e. The standard InChI is InChI=1S/4C18H13NS.H4Si/c4*1-2-7-13(8-3-1)14-9-6-11-16-18(14)20-17-12-5-4-10-15(17)19-16;/h4*1-12,19H;1H4. The number of nitrogens with one attached hydrogen (secondary N) is 4. The average molecular weight is 1130 g/mol. The molecule has 0 spiro atoms. The molecule has 392 valence electrons. The number of para-hydroxylation sites is 4. The maximum absolute atomic E-state index is 3.53. The van der Waals surface area contributed by atoms with Gasteiger partial charge in [-0.2, -0.15) is 0 Å². The van der Waals surface area contributed by atoms with Crippen LogP contribution in [0.15, 0.2) is 330 Å². The molecule has 0 unspecified atom stereocenters. The average Bonchev–Trinajstić information content (AvgIpc) is 3.55. The topological polar surface area (TPSA) is 48.1 Å². The molecule has 81 heavy (non-hydrogen) atoms. The van der Waals surface area contributed by atoms with E-state index in [2.05, 4.69) is 312 Å². The fourth-order valence-electron chi connectivity index (χ4n) is 10.0. The Morgan fingerprint density at radius 2 is 0.358 bits per heavy atom. The van der Waals surface area contributed by atoms with Crippen LogP contribution in [0.1, 0.15) is 0 Å². The summed E-state index contributed by atoms with van der Waals surface area (Å²) in [6.45, 7) is 0. The van der Waals surface area contributed by atoms with Crippen LogP contribution < -0.4 is 21.3 Å². The molecule has 4 heterocycles. The molecule has 0 aromatic heterocycles. The van der Waals surface area contributed by atoms with Gasteiger partial charge in [0.15, 0.2) is 0 Å². The molecule has 0 fully saturated rings. The van der Waals surface area contributed by atoms with Crippen LogP contribution in [0, 0.1) is 0 Å². The molecule has 4 aliphatic heterocycles. The Morgan fingerprint density at radius 1 is 0.173 bits per heavy atom. The summed E-state index contributed by atoms with van der Waals surface area (Å²) in [5.74, 6) is 0. The molecule has 4 aliphatic rings. The van der Waals surface area contributed by atoms with E-state index in [1.807, 2.05) is 47.0 Å². The third-order valence-corrected chi connectivity index (χ3v) is 18.8. The lowest BCUT2D eigenvalue weighted by Crippen LogP contribution is -2.00. The first-order chi connectivity index (χ1) is 39.7. The van der Waals surface area contributed by atoms with Crippen LogP contribution in [0.2, 0.25) is 0 Å². The van der Waals surface area contributed by atoms with Gasteiger partial charge in [0.2, 0.25) is 0 Å². The lowest BCUT2D eigenvalue weighted by atomic mass is 10.0. The molecule has 0 aliphatic carbocycles. The summed E-state index contributed by atoms with van der Waals surface area (Å²) in [6, 6.07) is 102. The summed E-state index contributed by atoms with van der Waals surface area (Å²) in [7, 11) is 0. The third-order valence-electron chi connectivity index (χ3n) is 13.9. The minimum atomic E-state index is 0. The third kappa shape index (κ3) is 11.7. The van der Waals surface area contributed by atoms with Crippen molar-refractivity contribution in [2.75, 3.05) is 21.3 Å². The largest absolute Gasteiger partial charge is 0.354 e. The van der Waals surface area contributed by atoms with Crippen LogP contribution in [0.5, 0.6) is 0 Å². The second-order valence-electron chi connectivity index (χ2n) is 19.1. The van der Waals surface area contributed by atoms with Gasteiger partial charge in [-0.1, -0.05) is 265 Å². The minimum absolute atomic E-state index is 0. The fourth-order valence-corrected chi connectivity index (χ4v) is 14.5. The van der Waals surface area contributed by atoms with Gasteiger partial charge in [0.25, 0.3) is 0 Å². The van der Waals surface area contributed by atoms with Crippen molar-refractivity contribution in [3.63, 3.8) is 0 Å². The summed E-state index contributed by atoms with van der Waals surface area (Å²) in [5.41, 5.74) is 19.7. The van der Waals surface area contributed by atoms with Crippen LogP contribution in [-0.4, -0.2) is 11.0 Å². The van der Waals surface area contributed by atoms with E-state index < -0.39 is 0 Å². The second-order valence-corrected chi connectivity index (χ2v) is 23.3. The van der Waals surface area contributed by atoms with E-state index in [4.69, 9.17) is 0 Å². The SMILES string of the molecule is [SiH4].c1ccc(-c2cccc3c2Sc2ccccc2N3)cc1.c1ccc(-c2cccc3c2Sc2ccccc2N3)cc1.c1ccc(-c2cccc3c2Sc2ccccc2N3)cc1.c1ccc(-c2cccc3c2Sc2ccccc2N3)cc1. The quantitative estimate of drug-likeness (QED) is 0.130. The highest BCUT2D eigenvalue weighted by molar-refractivity contribution is 8.00. The number of hydrogen-bond acceptors (Lipinski definition) is 8. The zero-order chi connectivity index (χ0) is 53.5. The van der Waals surface area contributed by atoms with Crippen molar-refractivity contribution in [1.29, 1.82) is 0 Å². The summed E-state index contributed by atoms with van der Waals surface area (Å²) in [4.78, 5) is 10.3. The van der Waals surface area contributed by atoms with E-state index in [0.717, 1.165) is 0 Å². The first-order valence-corrected chi connectivity index (χ1v) is 29.8. The van der Waals surface area contributed by atoms with Crippen LogP contribution in [0.4, 0.5) is 45.5 Å². The molecule has 0 radical (unpaired) electrons. The maximum atomic E-state index is 3.53. The highest BCUT2D eigenvalue weighted by atomic mass is 32.2. The predicted molar refractivity (Wildman–Crippen MR) is 354 cm³/mol. The Balaban J connectivity index is 0.000000107. The highest BCUT2D eigenvalue weighted by Crippen LogP contribution is 2.52. The van der Waals surface area contributed by atoms with Crippen molar-refractivity contribution < 1.29 is 0 Å². The van der Waals surface area contributed by atoms with Crippen molar-refractivity contribution in [2.24, 2.45) is 0 Å². The molecule has 12 aromatic rings. The molecular formula is C72H56N4S4Si. The Labute approximate surface area is 496 Å². The van der Waals surface area contributed by atoms with E-state index >= 15 is 0 Å². The first-order valence-electron chi connectivity index (χ1n) is 26.6. The molecule has 0 saturated carbocycles. The number of rotatable bonds is 4. The van der Waals surface area contributed by atoms with Gasteiger partial charge < -0.3 is 21.3 Å². The number of hydrogen-bond donors (Lipinski definition) is 4. The second kappa shape index (κ2) is 24.9. The molecule has 0 bridgehead atoms. The van der Waals surface area contributed by atoms with E-state index in [0.29, 0.717) is 0 Å². The molecule has 16 rings (SSSR count).